The first-order valence-corrected chi connectivity index (χ1v) is 9.80. The summed E-state index contributed by atoms with van der Waals surface area (Å²) in [5.74, 6) is -0.738. The number of hydrogen-bond donors (Lipinski definition) is 5. The Bertz CT molecular complexity index is 815. The van der Waals surface area contributed by atoms with Crippen LogP contribution < -0.4 is 15.6 Å². The molecule has 0 aliphatic heterocycles. The third-order valence-corrected chi connectivity index (χ3v) is 4.78. The molecule has 0 amide bonds. The van der Waals surface area contributed by atoms with Crippen molar-refractivity contribution >= 4 is 60.2 Å². The molecule has 0 aliphatic rings. The molecule has 0 fully saturated rings. The maximum Gasteiger partial charge on any atom is 0.274 e. The van der Waals surface area contributed by atoms with Crippen LogP contribution in [0.25, 0.3) is 0 Å². The van der Waals surface area contributed by atoms with Crippen molar-refractivity contribution in [1.29, 1.82) is 5.41 Å². The number of nitrogens with one attached hydrogen (secondary N) is 2. The number of aliphatic imine (C=N–C) groups is 1. The summed E-state index contributed by atoms with van der Waals surface area (Å²) in [6.07, 6.45) is 0. The van der Waals surface area contributed by atoms with Gasteiger partial charge in [-0.05, 0) is 34.1 Å². The second kappa shape index (κ2) is 9.24. The fourth-order valence-electron chi connectivity index (χ4n) is 1.49. The van der Waals surface area contributed by atoms with E-state index in [-0.39, 0.29) is 33.3 Å². The van der Waals surface area contributed by atoms with E-state index in [9.17, 15) is 12.8 Å². The lowest BCUT2D eigenvalue weighted by molar-refractivity contribution is 0.321. The quantitative estimate of drug-likeness (QED) is 0.181. The van der Waals surface area contributed by atoms with Crippen LogP contribution in [0, 0.1) is 11.2 Å². The Morgan fingerprint density at radius 2 is 2.20 bits per heavy atom. The maximum atomic E-state index is 13.2. The second-order valence-corrected chi connectivity index (χ2v) is 8.38. The average molecular weight is 455 g/mol. The first-order chi connectivity index (χ1) is 11.5. The van der Waals surface area contributed by atoms with E-state index in [1.807, 2.05) is 0 Å². The number of thioether (sulfide) groups is 1. The van der Waals surface area contributed by atoms with Crippen LogP contribution in [0.15, 0.2) is 32.8 Å². The van der Waals surface area contributed by atoms with Crippen LogP contribution >= 0.6 is 27.7 Å². The van der Waals surface area contributed by atoms with Crippen LogP contribution in [0.2, 0.25) is 0 Å². The fraction of sp³-hybridized carbons (Fsp3) is 0.250. The fourth-order valence-corrected chi connectivity index (χ4v) is 3.27. The van der Waals surface area contributed by atoms with E-state index in [0.717, 1.165) is 11.8 Å². The van der Waals surface area contributed by atoms with Crippen LogP contribution in [0.1, 0.15) is 6.92 Å². The second-order valence-electron chi connectivity index (χ2n) is 4.70. The summed E-state index contributed by atoms with van der Waals surface area (Å²) in [5, 5.41) is 24.2. The summed E-state index contributed by atoms with van der Waals surface area (Å²) < 4.78 is 37.2. The van der Waals surface area contributed by atoms with Crippen LogP contribution in [0.5, 0.6) is 0 Å². The molecule has 1 unspecified atom stereocenters. The smallest absolute Gasteiger partial charge is 0.274 e. The van der Waals surface area contributed by atoms with Crippen molar-refractivity contribution in [3.63, 3.8) is 0 Å². The van der Waals surface area contributed by atoms with Gasteiger partial charge in [-0.2, -0.15) is 8.42 Å². The van der Waals surface area contributed by atoms with Gasteiger partial charge in [0.05, 0.1) is 10.2 Å². The lowest BCUT2D eigenvalue weighted by Crippen LogP contribution is -2.36. The molecule has 1 atom stereocenters. The Balaban J connectivity index is 2.84. The van der Waals surface area contributed by atoms with Crippen LogP contribution in [0.3, 0.4) is 0 Å². The summed E-state index contributed by atoms with van der Waals surface area (Å²) in [6, 6.07) is 3.90. The van der Waals surface area contributed by atoms with E-state index in [2.05, 4.69) is 30.8 Å². The number of nitrogens with two attached hydrogens (primary N) is 2. The molecular formula is C12H16BrFN6O3S2. The zero-order chi connectivity index (χ0) is 19.2. The number of halogens is 2. The minimum absolute atomic E-state index is 0.0352. The molecule has 7 N–H and O–H groups in total. The molecule has 0 heterocycles. The van der Waals surface area contributed by atoms with E-state index in [1.54, 1.807) is 6.92 Å². The molecule has 9 nitrogen and oxygen atoms in total. The summed E-state index contributed by atoms with van der Waals surface area (Å²) in [4.78, 5) is 3.97. The molecule has 0 saturated carbocycles. The highest BCUT2D eigenvalue weighted by Crippen LogP contribution is 2.22. The largest absolute Gasteiger partial charge is 0.410 e. The monoisotopic (exact) mass is 454 g/mol. The summed E-state index contributed by atoms with van der Waals surface area (Å²) >= 11 is 3.91. The normalized spacial score (nSPS) is 14.4. The first kappa shape index (κ1) is 21.5. The van der Waals surface area contributed by atoms with E-state index < -0.39 is 21.3 Å². The Morgan fingerprint density at radius 1 is 1.56 bits per heavy atom. The van der Waals surface area contributed by atoms with E-state index >= 15 is 0 Å². The van der Waals surface area contributed by atoms with Gasteiger partial charge in [-0.15, -0.1) is 11.8 Å². The van der Waals surface area contributed by atoms with Gasteiger partial charge >= 0.3 is 0 Å². The molecule has 1 aromatic rings. The highest BCUT2D eigenvalue weighted by molar-refractivity contribution is 9.10. The highest BCUT2D eigenvalue weighted by Gasteiger charge is 2.18. The van der Waals surface area contributed by atoms with Gasteiger partial charge in [-0.3, -0.25) is 5.41 Å². The molecule has 0 bridgehead atoms. The standard InChI is InChI=1S/C12H16BrFN6O3S2/c1-6(5-18-25(17,22)23)24-12(16)10(20-21)11(15)19-7-2-3-9(14)8(13)4-7/h2-4,6,16,18,21H,5H2,1H3,(H2,15,19)(H2,17,22,23). The van der Waals surface area contributed by atoms with Crippen molar-refractivity contribution < 1.29 is 18.0 Å². The lowest BCUT2D eigenvalue weighted by Gasteiger charge is -2.12. The Morgan fingerprint density at radius 3 is 2.72 bits per heavy atom. The predicted molar refractivity (Wildman–Crippen MR) is 100 cm³/mol. The van der Waals surface area contributed by atoms with Crippen LogP contribution in [-0.2, 0) is 10.2 Å². The molecule has 0 aliphatic carbocycles. The molecule has 0 radical (unpaired) electrons. The number of amidine groups is 1. The van der Waals surface area contributed by atoms with Gasteiger partial charge < -0.3 is 10.9 Å². The summed E-state index contributed by atoms with van der Waals surface area (Å²) in [7, 11) is -3.84. The Hall–Kier alpha value is -1.54. The topological polar surface area (TPSA) is 167 Å². The van der Waals surface area contributed by atoms with Gasteiger partial charge in [0.15, 0.2) is 11.5 Å². The minimum Gasteiger partial charge on any atom is -0.410 e. The molecule has 25 heavy (non-hydrogen) atoms. The van der Waals surface area contributed by atoms with Crippen molar-refractivity contribution in [3.05, 3.63) is 28.5 Å². The molecule has 1 aromatic carbocycles. The summed E-state index contributed by atoms with van der Waals surface area (Å²) in [5.41, 5.74) is 5.72. The zero-order valence-corrected chi connectivity index (χ0v) is 16.1. The van der Waals surface area contributed by atoms with Gasteiger partial charge in [-0.25, -0.2) is 19.2 Å². The molecular weight excluding hydrogens is 439 g/mol. The van der Waals surface area contributed by atoms with Gasteiger partial charge in [-0.1, -0.05) is 12.1 Å². The first-order valence-electron chi connectivity index (χ1n) is 6.58. The van der Waals surface area contributed by atoms with Gasteiger partial charge in [0.25, 0.3) is 10.2 Å². The van der Waals surface area contributed by atoms with Crippen molar-refractivity contribution in [1.82, 2.24) is 4.72 Å². The van der Waals surface area contributed by atoms with E-state index in [0.29, 0.717) is 0 Å². The summed E-state index contributed by atoms with van der Waals surface area (Å²) in [6.45, 7) is 1.60. The number of rotatable bonds is 7. The predicted octanol–water partition coefficient (Wildman–Crippen LogP) is 1.30. The average Bonchev–Trinajstić information content (AvgIpc) is 2.49. The lowest BCUT2D eigenvalue weighted by atomic mass is 10.3. The van der Waals surface area contributed by atoms with E-state index in [4.69, 9.17) is 21.5 Å². The van der Waals surface area contributed by atoms with Crippen molar-refractivity contribution in [3.8, 4) is 0 Å². The molecule has 13 heteroatoms. The molecule has 0 aromatic heterocycles. The minimum atomic E-state index is -3.84. The SMILES string of the molecule is CC(CNS(N)(=O)=O)SC(=N)C(=NO)C(N)=Nc1ccc(F)c(Br)c1. The zero-order valence-electron chi connectivity index (χ0n) is 12.9. The van der Waals surface area contributed by atoms with Crippen molar-refractivity contribution in [2.24, 2.45) is 21.0 Å². The van der Waals surface area contributed by atoms with Crippen LogP contribution in [-0.4, -0.2) is 42.0 Å². The Labute approximate surface area is 156 Å². The van der Waals surface area contributed by atoms with E-state index in [1.165, 1.54) is 18.2 Å². The molecule has 0 spiro atoms. The molecule has 0 saturated heterocycles. The number of hydrogen-bond acceptors (Lipinski definition) is 7. The third-order valence-electron chi connectivity index (χ3n) is 2.60. The van der Waals surface area contributed by atoms with Gasteiger partial charge in [0, 0.05) is 11.8 Å². The third kappa shape index (κ3) is 7.48. The Kier molecular flexibility index (Phi) is 7.95. The number of nitrogens with zero attached hydrogens (tertiary/aromatic N) is 2. The highest BCUT2D eigenvalue weighted by atomic mass is 79.9. The molecule has 1 rings (SSSR count). The maximum absolute atomic E-state index is 13.2. The number of oxime groups is 1. The van der Waals surface area contributed by atoms with Gasteiger partial charge in [0.2, 0.25) is 0 Å². The van der Waals surface area contributed by atoms with Crippen LogP contribution in [0.4, 0.5) is 10.1 Å². The molecule has 138 valence electrons. The van der Waals surface area contributed by atoms with Gasteiger partial charge in [0.1, 0.15) is 10.9 Å². The van der Waals surface area contributed by atoms with Crippen molar-refractivity contribution in [2.75, 3.05) is 6.54 Å². The van der Waals surface area contributed by atoms with Crippen molar-refractivity contribution in [2.45, 2.75) is 12.2 Å². The number of benzene rings is 1.